The van der Waals surface area contributed by atoms with Crippen LogP contribution in [-0.4, -0.2) is 39.2 Å². The monoisotopic (exact) mass is 333 g/mol. The Balaban J connectivity index is 1.57. The van der Waals surface area contributed by atoms with E-state index in [0.29, 0.717) is 6.54 Å². The number of hydrogen-bond donors (Lipinski definition) is 2. The molecule has 0 spiro atoms. The van der Waals surface area contributed by atoms with Crippen LogP contribution in [0.1, 0.15) is 46.4 Å². The first kappa shape index (κ1) is 16.0. The van der Waals surface area contributed by atoms with Crippen LogP contribution in [0.3, 0.4) is 0 Å². The molecule has 3 heterocycles. The number of aromatic amines is 1. The molecule has 1 saturated heterocycles. The molecule has 3 rings (SSSR count). The van der Waals surface area contributed by atoms with Gasteiger partial charge < -0.3 is 10.2 Å². The van der Waals surface area contributed by atoms with E-state index in [1.807, 2.05) is 31.1 Å². The predicted octanol–water partition coefficient (Wildman–Crippen LogP) is 2.96. The van der Waals surface area contributed by atoms with E-state index < -0.39 is 0 Å². The number of rotatable bonds is 4. The summed E-state index contributed by atoms with van der Waals surface area (Å²) in [6.45, 7) is 5.50. The maximum absolute atomic E-state index is 12.6. The number of piperidine rings is 1. The van der Waals surface area contributed by atoms with Crippen LogP contribution < -0.4 is 5.32 Å². The van der Waals surface area contributed by atoms with Crippen molar-refractivity contribution in [2.45, 2.75) is 45.6 Å². The lowest BCUT2D eigenvalue weighted by atomic mass is 9.98. The quantitative estimate of drug-likeness (QED) is 0.903. The van der Waals surface area contributed by atoms with Crippen molar-refractivity contribution < 1.29 is 4.79 Å². The number of urea groups is 1. The number of H-pyrrole nitrogens is 1. The number of carbonyl (C=O) groups excluding carboxylic acids is 1. The second-order valence-corrected chi connectivity index (χ2v) is 7.25. The topological polar surface area (TPSA) is 73.9 Å². The molecule has 2 aromatic rings. The van der Waals surface area contributed by atoms with Gasteiger partial charge >= 0.3 is 6.03 Å². The van der Waals surface area contributed by atoms with Gasteiger partial charge in [0.2, 0.25) is 0 Å². The van der Waals surface area contributed by atoms with E-state index >= 15 is 0 Å². The zero-order chi connectivity index (χ0) is 16.2. The van der Waals surface area contributed by atoms with Crippen LogP contribution in [0.15, 0.2) is 12.4 Å². The number of likely N-dealkylation sites (tertiary alicyclic amines) is 1. The molecule has 0 saturated carbocycles. The summed E-state index contributed by atoms with van der Waals surface area (Å²) in [5, 5.41) is 11.0. The second-order valence-electron chi connectivity index (χ2n) is 5.96. The Morgan fingerprint density at radius 1 is 1.48 bits per heavy atom. The summed E-state index contributed by atoms with van der Waals surface area (Å²) in [4.78, 5) is 20.2. The molecule has 1 aliphatic heterocycles. The SMILES string of the molecule is Cc1nc(C)c(CCNC(=O)N2CCCC[C@H]2c2cn[nH]c2)s1. The fourth-order valence-corrected chi connectivity index (χ4v) is 4.09. The van der Waals surface area contributed by atoms with Crippen LogP contribution in [0.4, 0.5) is 4.79 Å². The van der Waals surface area contributed by atoms with Crippen molar-refractivity contribution in [3.8, 4) is 0 Å². The Labute approximate surface area is 140 Å². The molecule has 0 radical (unpaired) electrons. The number of nitrogens with one attached hydrogen (secondary N) is 2. The average Bonchev–Trinajstić information content (AvgIpc) is 3.17. The van der Waals surface area contributed by atoms with Gasteiger partial charge in [-0.1, -0.05) is 0 Å². The molecule has 0 unspecified atom stereocenters. The Kier molecular flexibility index (Phi) is 4.95. The van der Waals surface area contributed by atoms with Crippen LogP contribution in [0, 0.1) is 13.8 Å². The van der Waals surface area contributed by atoms with Crippen LogP contribution in [0.5, 0.6) is 0 Å². The van der Waals surface area contributed by atoms with Crippen LogP contribution >= 0.6 is 11.3 Å². The Morgan fingerprint density at radius 3 is 3.04 bits per heavy atom. The highest BCUT2D eigenvalue weighted by Crippen LogP contribution is 2.30. The van der Waals surface area contributed by atoms with Crippen molar-refractivity contribution >= 4 is 17.4 Å². The average molecular weight is 333 g/mol. The summed E-state index contributed by atoms with van der Waals surface area (Å²) >= 11 is 1.71. The van der Waals surface area contributed by atoms with E-state index in [0.717, 1.165) is 48.5 Å². The van der Waals surface area contributed by atoms with E-state index in [9.17, 15) is 4.79 Å². The molecule has 2 N–H and O–H groups in total. The molecule has 7 heteroatoms. The van der Waals surface area contributed by atoms with Crippen LogP contribution in [-0.2, 0) is 6.42 Å². The van der Waals surface area contributed by atoms with E-state index in [4.69, 9.17) is 0 Å². The fraction of sp³-hybridized carbons (Fsp3) is 0.562. The van der Waals surface area contributed by atoms with Gasteiger partial charge in [-0.3, -0.25) is 5.10 Å². The lowest BCUT2D eigenvalue weighted by molar-refractivity contribution is 0.151. The molecule has 0 bridgehead atoms. The van der Waals surface area contributed by atoms with Gasteiger partial charge in [0.1, 0.15) is 0 Å². The van der Waals surface area contributed by atoms with Crippen molar-refractivity contribution in [1.82, 2.24) is 25.4 Å². The van der Waals surface area contributed by atoms with Gasteiger partial charge in [-0.25, -0.2) is 9.78 Å². The third-order valence-electron chi connectivity index (χ3n) is 4.30. The molecular weight excluding hydrogens is 310 g/mol. The highest BCUT2D eigenvalue weighted by molar-refractivity contribution is 7.11. The molecule has 124 valence electrons. The van der Waals surface area contributed by atoms with Gasteiger partial charge in [0, 0.05) is 36.1 Å². The van der Waals surface area contributed by atoms with Gasteiger partial charge in [-0.05, 0) is 33.1 Å². The minimum Gasteiger partial charge on any atom is -0.338 e. The zero-order valence-corrected chi connectivity index (χ0v) is 14.4. The Hall–Kier alpha value is -1.89. The molecule has 1 atom stereocenters. The standard InChI is InChI=1S/C16H23N5OS/c1-11-15(23-12(2)20-11)6-7-17-16(22)21-8-4-3-5-14(21)13-9-18-19-10-13/h9-10,14H,3-8H2,1-2H3,(H,17,22)(H,18,19)/t14-/m0/s1. The molecular formula is C16H23N5OS. The van der Waals surface area contributed by atoms with Gasteiger partial charge in [0.05, 0.1) is 22.9 Å². The minimum absolute atomic E-state index is 0.0230. The third kappa shape index (κ3) is 3.72. The zero-order valence-electron chi connectivity index (χ0n) is 13.6. The van der Waals surface area contributed by atoms with Gasteiger partial charge in [0.25, 0.3) is 0 Å². The third-order valence-corrected chi connectivity index (χ3v) is 5.43. The smallest absolute Gasteiger partial charge is 0.317 e. The summed E-state index contributed by atoms with van der Waals surface area (Å²) in [5.74, 6) is 0. The number of thiazole rings is 1. The highest BCUT2D eigenvalue weighted by atomic mass is 32.1. The Morgan fingerprint density at radius 2 is 2.35 bits per heavy atom. The second kappa shape index (κ2) is 7.12. The number of amides is 2. The van der Waals surface area contributed by atoms with E-state index in [1.165, 1.54) is 4.88 Å². The van der Waals surface area contributed by atoms with E-state index in [2.05, 4.69) is 20.5 Å². The van der Waals surface area contributed by atoms with Crippen molar-refractivity contribution in [2.24, 2.45) is 0 Å². The molecule has 23 heavy (non-hydrogen) atoms. The maximum Gasteiger partial charge on any atom is 0.317 e. The summed E-state index contributed by atoms with van der Waals surface area (Å²) in [5.41, 5.74) is 2.17. The first-order valence-electron chi connectivity index (χ1n) is 8.11. The molecule has 1 aliphatic rings. The molecule has 2 amide bonds. The van der Waals surface area contributed by atoms with E-state index in [-0.39, 0.29) is 12.1 Å². The number of aromatic nitrogens is 3. The number of aryl methyl sites for hydroxylation is 2. The number of nitrogens with zero attached hydrogens (tertiary/aromatic N) is 3. The largest absolute Gasteiger partial charge is 0.338 e. The predicted molar refractivity (Wildman–Crippen MR) is 90.6 cm³/mol. The first-order valence-corrected chi connectivity index (χ1v) is 8.93. The Bertz CT molecular complexity index is 651. The summed E-state index contributed by atoms with van der Waals surface area (Å²) in [7, 11) is 0. The van der Waals surface area contributed by atoms with Crippen molar-refractivity contribution in [3.63, 3.8) is 0 Å². The van der Waals surface area contributed by atoms with E-state index in [1.54, 1.807) is 11.3 Å². The van der Waals surface area contributed by atoms with Crippen molar-refractivity contribution in [2.75, 3.05) is 13.1 Å². The molecule has 2 aromatic heterocycles. The van der Waals surface area contributed by atoms with Crippen molar-refractivity contribution in [1.29, 1.82) is 0 Å². The van der Waals surface area contributed by atoms with Gasteiger partial charge in [0.15, 0.2) is 0 Å². The number of hydrogen-bond acceptors (Lipinski definition) is 4. The summed E-state index contributed by atoms with van der Waals surface area (Å²) in [6.07, 6.45) is 7.76. The highest BCUT2D eigenvalue weighted by Gasteiger charge is 2.28. The summed E-state index contributed by atoms with van der Waals surface area (Å²) in [6, 6.07) is 0.157. The first-order chi connectivity index (χ1) is 11.1. The van der Waals surface area contributed by atoms with Crippen molar-refractivity contribution in [3.05, 3.63) is 33.5 Å². The molecule has 0 aromatic carbocycles. The van der Waals surface area contributed by atoms with Gasteiger partial charge in [-0.15, -0.1) is 11.3 Å². The lowest BCUT2D eigenvalue weighted by Gasteiger charge is -2.35. The van der Waals surface area contributed by atoms with Crippen LogP contribution in [0.25, 0.3) is 0 Å². The fourth-order valence-electron chi connectivity index (χ4n) is 3.15. The van der Waals surface area contributed by atoms with Gasteiger partial charge in [-0.2, -0.15) is 5.10 Å². The molecule has 0 aliphatic carbocycles. The minimum atomic E-state index is 0.0230. The maximum atomic E-state index is 12.6. The summed E-state index contributed by atoms with van der Waals surface area (Å²) < 4.78 is 0. The molecule has 6 nitrogen and oxygen atoms in total. The normalized spacial score (nSPS) is 18.2. The lowest BCUT2D eigenvalue weighted by Crippen LogP contribution is -2.45. The number of carbonyl (C=O) groups is 1. The molecule has 1 fully saturated rings. The van der Waals surface area contributed by atoms with Crippen LogP contribution in [0.2, 0.25) is 0 Å².